The highest BCUT2D eigenvalue weighted by Crippen LogP contribution is 2.12. The minimum atomic E-state index is 0. The predicted octanol–water partition coefficient (Wildman–Crippen LogP) is 3.62. The summed E-state index contributed by atoms with van der Waals surface area (Å²) < 4.78 is 5.15. The van der Waals surface area contributed by atoms with E-state index in [1.165, 1.54) is 22.3 Å². The molecule has 25 heavy (non-hydrogen) atoms. The second kappa shape index (κ2) is 11.0. The molecule has 0 atom stereocenters. The molecule has 0 radical (unpaired) electrons. The fourth-order valence-electron chi connectivity index (χ4n) is 2.61. The van der Waals surface area contributed by atoms with E-state index in [2.05, 4.69) is 54.5 Å². The molecule has 0 aliphatic rings. The highest BCUT2D eigenvalue weighted by Gasteiger charge is 1.99. The summed E-state index contributed by atoms with van der Waals surface area (Å²) in [6, 6.07) is 14.6. The number of aryl methyl sites for hydroxylation is 2. The lowest BCUT2D eigenvalue weighted by molar-refractivity contribution is 0.414. The number of guanidine groups is 1. The fourth-order valence-corrected chi connectivity index (χ4v) is 2.61. The lowest BCUT2D eigenvalue weighted by atomic mass is 10.0. The van der Waals surface area contributed by atoms with E-state index in [-0.39, 0.29) is 24.0 Å². The molecule has 0 aromatic heterocycles. The Bertz CT molecular complexity index is 684. The average Bonchev–Trinajstić information content (AvgIpc) is 2.57. The second-order valence-electron chi connectivity index (χ2n) is 5.97. The molecule has 0 saturated carbocycles. The quantitative estimate of drug-likeness (QED) is 0.383. The van der Waals surface area contributed by atoms with E-state index < -0.39 is 0 Å². The van der Waals surface area contributed by atoms with Gasteiger partial charge in [-0.3, -0.25) is 4.99 Å². The fraction of sp³-hybridized carbons (Fsp3) is 0.350. The highest BCUT2D eigenvalue weighted by molar-refractivity contribution is 14.0. The van der Waals surface area contributed by atoms with Crippen LogP contribution in [-0.4, -0.2) is 26.2 Å². The molecule has 4 nitrogen and oxygen atoms in total. The average molecular weight is 453 g/mol. The van der Waals surface area contributed by atoms with Crippen molar-refractivity contribution >= 4 is 29.9 Å². The van der Waals surface area contributed by atoms with Gasteiger partial charge in [0.15, 0.2) is 5.96 Å². The number of nitrogens with two attached hydrogens (primary N) is 1. The Morgan fingerprint density at radius 1 is 1.08 bits per heavy atom. The number of rotatable bonds is 7. The van der Waals surface area contributed by atoms with Crippen LogP contribution in [0.5, 0.6) is 5.75 Å². The van der Waals surface area contributed by atoms with Crippen molar-refractivity contribution in [3.8, 4) is 5.75 Å². The maximum absolute atomic E-state index is 5.93. The predicted molar refractivity (Wildman–Crippen MR) is 116 cm³/mol. The summed E-state index contributed by atoms with van der Waals surface area (Å²) in [5, 5.41) is 3.17. The summed E-state index contributed by atoms with van der Waals surface area (Å²) in [5.41, 5.74) is 11.1. The first kappa shape index (κ1) is 21.3. The van der Waals surface area contributed by atoms with Crippen molar-refractivity contribution in [2.45, 2.75) is 26.7 Å². The van der Waals surface area contributed by atoms with Crippen LogP contribution in [0.1, 0.15) is 22.3 Å². The molecular formula is C20H28IN3O. The van der Waals surface area contributed by atoms with Crippen molar-refractivity contribution in [3.63, 3.8) is 0 Å². The van der Waals surface area contributed by atoms with Gasteiger partial charge in [-0.2, -0.15) is 0 Å². The number of nitrogens with zero attached hydrogens (tertiary/aromatic N) is 1. The number of nitrogens with one attached hydrogen (secondary N) is 1. The third-order valence-electron chi connectivity index (χ3n) is 4.04. The molecule has 3 N–H and O–H groups in total. The molecule has 2 aromatic rings. The third-order valence-corrected chi connectivity index (χ3v) is 4.04. The molecule has 0 heterocycles. The maximum Gasteiger partial charge on any atom is 0.188 e. The Balaban J connectivity index is 0.00000312. The lowest BCUT2D eigenvalue weighted by Gasteiger charge is -2.08. The van der Waals surface area contributed by atoms with Gasteiger partial charge in [-0.1, -0.05) is 35.9 Å². The van der Waals surface area contributed by atoms with Gasteiger partial charge in [-0.25, -0.2) is 0 Å². The van der Waals surface area contributed by atoms with Gasteiger partial charge in [0, 0.05) is 13.1 Å². The van der Waals surface area contributed by atoms with Crippen LogP contribution >= 0.6 is 24.0 Å². The van der Waals surface area contributed by atoms with Crippen molar-refractivity contribution in [3.05, 3.63) is 64.7 Å². The molecule has 136 valence electrons. The third kappa shape index (κ3) is 7.34. The van der Waals surface area contributed by atoms with Gasteiger partial charge < -0.3 is 15.8 Å². The van der Waals surface area contributed by atoms with Crippen molar-refractivity contribution in [1.82, 2.24) is 5.32 Å². The summed E-state index contributed by atoms with van der Waals surface area (Å²) in [4.78, 5) is 4.40. The molecule has 2 rings (SSSR count). The zero-order valence-electron chi connectivity index (χ0n) is 15.2. The molecule has 0 fully saturated rings. The number of hydrogen-bond donors (Lipinski definition) is 2. The van der Waals surface area contributed by atoms with Crippen LogP contribution in [-0.2, 0) is 12.8 Å². The van der Waals surface area contributed by atoms with Gasteiger partial charge in [-0.05, 0) is 55.5 Å². The molecular weight excluding hydrogens is 425 g/mol. The minimum Gasteiger partial charge on any atom is -0.497 e. The first-order valence-electron chi connectivity index (χ1n) is 8.31. The van der Waals surface area contributed by atoms with E-state index in [1.807, 2.05) is 12.1 Å². The van der Waals surface area contributed by atoms with Crippen LogP contribution < -0.4 is 15.8 Å². The van der Waals surface area contributed by atoms with Crippen molar-refractivity contribution in [2.75, 3.05) is 20.2 Å². The molecule has 0 spiro atoms. The summed E-state index contributed by atoms with van der Waals surface area (Å²) in [7, 11) is 1.67. The number of halogens is 1. The molecule has 0 aliphatic carbocycles. The summed E-state index contributed by atoms with van der Waals surface area (Å²) in [6.45, 7) is 5.72. The van der Waals surface area contributed by atoms with E-state index in [4.69, 9.17) is 10.5 Å². The number of hydrogen-bond acceptors (Lipinski definition) is 2. The summed E-state index contributed by atoms with van der Waals surface area (Å²) in [5.74, 6) is 1.38. The van der Waals surface area contributed by atoms with Crippen LogP contribution in [0.2, 0.25) is 0 Å². The van der Waals surface area contributed by atoms with E-state index in [1.54, 1.807) is 7.11 Å². The van der Waals surface area contributed by atoms with Crippen LogP contribution in [0.25, 0.3) is 0 Å². The smallest absolute Gasteiger partial charge is 0.188 e. The molecule has 0 unspecified atom stereocenters. The Labute approximate surface area is 167 Å². The van der Waals surface area contributed by atoms with E-state index in [0.717, 1.165) is 25.1 Å². The van der Waals surface area contributed by atoms with Crippen LogP contribution in [0, 0.1) is 13.8 Å². The largest absolute Gasteiger partial charge is 0.497 e. The Kier molecular flexibility index (Phi) is 9.34. The maximum atomic E-state index is 5.93. The van der Waals surface area contributed by atoms with E-state index in [0.29, 0.717) is 12.5 Å². The Hall–Kier alpha value is -1.76. The SMILES string of the molecule is COc1ccc(CCNC(N)=NCCc2ccc(C)cc2C)cc1.I. The van der Waals surface area contributed by atoms with Crippen LogP contribution in [0.4, 0.5) is 0 Å². The molecule has 0 bridgehead atoms. The van der Waals surface area contributed by atoms with Gasteiger partial charge in [0.25, 0.3) is 0 Å². The number of benzene rings is 2. The topological polar surface area (TPSA) is 59.6 Å². The van der Waals surface area contributed by atoms with Crippen LogP contribution in [0.15, 0.2) is 47.5 Å². The van der Waals surface area contributed by atoms with Gasteiger partial charge in [0.1, 0.15) is 5.75 Å². The summed E-state index contributed by atoms with van der Waals surface area (Å²) >= 11 is 0. The van der Waals surface area contributed by atoms with Gasteiger partial charge in [-0.15, -0.1) is 24.0 Å². The zero-order chi connectivity index (χ0) is 17.4. The molecule has 5 heteroatoms. The van der Waals surface area contributed by atoms with Crippen molar-refractivity contribution in [2.24, 2.45) is 10.7 Å². The lowest BCUT2D eigenvalue weighted by Crippen LogP contribution is -2.33. The Morgan fingerprint density at radius 2 is 1.80 bits per heavy atom. The molecule has 0 amide bonds. The van der Waals surface area contributed by atoms with Gasteiger partial charge >= 0.3 is 0 Å². The van der Waals surface area contributed by atoms with E-state index in [9.17, 15) is 0 Å². The van der Waals surface area contributed by atoms with Crippen LogP contribution in [0.3, 0.4) is 0 Å². The van der Waals surface area contributed by atoms with Crippen molar-refractivity contribution < 1.29 is 4.74 Å². The zero-order valence-corrected chi connectivity index (χ0v) is 17.5. The highest BCUT2D eigenvalue weighted by atomic mass is 127. The van der Waals surface area contributed by atoms with E-state index >= 15 is 0 Å². The number of ether oxygens (including phenoxy) is 1. The number of aliphatic imine (C=N–C) groups is 1. The monoisotopic (exact) mass is 453 g/mol. The number of methoxy groups -OCH3 is 1. The second-order valence-corrected chi connectivity index (χ2v) is 5.97. The van der Waals surface area contributed by atoms with Crippen molar-refractivity contribution in [1.29, 1.82) is 0 Å². The summed E-state index contributed by atoms with van der Waals surface area (Å²) in [6.07, 6.45) is 1.81. The first-order chi connectivity index (χ1) is 11.6. The standard InChI is InChI=1S/C20H27N3O.HI/c1-15-4-7-18(16(2)14-15)11-13-23-20(21)22-12-10-17-5-8-19(24-3)9-6-17;/h4-9,14H,10-13H2,1-3H3,(H3,21,22,23);1H. The van der Waals surface area contributed by atoms with Gasteiger partial charge in [0.05, 0.1) is 7.11 Å². The Morgan fingerprint density at radius 3 is 2.44 bits per heavy atom. The molecule has 0 aliphatic heterocycles. The van der Waals surface area contributed by atoms with Gasteiger partial charge in [0.2, 0.25) is 0 Å². The first-order valence-corrected chi connectivity index (χ1v) is 8.31. The molecule has 2 aromatic carbocycles. The molecule has 0 saturated heterocycles. The normalized spacial score (nSPS) is 10.9. The minimum absolute atomic E-state index is 0.